The fourth-order valence-electron chi connectivity index (χ4n) is 2.00. The Hall–Kier alpha value is -0.770. The first-order chi connectivity index (χ1) is 6.77. The van der Waals surface area contributed by atoms with Crippen LogP contribution in [0, 0.1) is 5.92 Å². The van der Waals surface area contributed by atoms with Crippen molar-refractivity contribution in [3.05, 3.63) is 0 Å². The number of piperidine rings is 1. The molecule has 4 nitrogen and oxygen atoms in total. The highest BCUT2D eigenvalue weighted by molar-refractivity contribution is 5.65. The maximum atomic E-state index is 10.9. The van der Waals surface area contributed by atoms with Crippen molar-refractivity contribution in [3.8, 4) is 0 Å². The van der Waals surface area contributed by atoms with Gasteiger partial charge in [0.1, 0.15) is 0 Å². The zero-order valence-electron chi connectivity index (χ0n) is 8.41. The number of hydrogen-bond acceptors (Lipinski definition) is 2. The van der Waals surface area contributed by atoms with Gasteiger partial charge in [0.15, 0.2) is 0 Å². The molecule has 0 aromatic carbocycles. The predicted octanol–water partition coefficient (Wildman–Crippen LogP) is 1.48. The molecule has 1 saturated heterocycles. The van der Waals surface area contributed by atoms with Gasteiger partial charge in [0.25, 0.3) is 0 Å². The molecule has 1 unspecified atom stereocenters. The van der Waals surface area contributed by atoms with Gasteiger partial charge in [0.05, 0.1) is 6.17 Å². The summed E-state index contributed by atoms with van der Waals surface area (Å²) in [7, 11) is 0. The molecule has 1 aliphatic carbocycles. The Morgan fingerprint density at radius 2 is 2.14 bits per heavy atom. The van der Waals surface area contributed by atoms with Gasteiger partial charge in [-0.05, 0) is 44.6 Å². The first kappa shape index (κ1) is 9.77. The van der Waals surface area contributed by atoms with Gasteiger partial charge in [-0.15, -0.1) is 0 Å². The maximum absolute atomic E-state index is 10.9. The number of likely N-dealkylation sites (tertiary alicyclic amines) is 1. The van der Waals surface area contributed by atoms with E-state index in [2.05, 4.69) is 5.32 Å². The molecule has 2 fully saturated rings. The number of carboxylic acid groups (broad SMARTS) is 1. The Bertz CT molecular complexity index is 216. The minimum absolute atomic E-state index is 0.0712. The van der Waals surface area contributed by atoms with Crippen LogP contribution in [0.3, 0.4) is 0 Å². The highest BCUT2D eigenvalue weighted by Crippen LogP contribution is 2.28. The zero-order valence-corrected chi connectivity index (χ0v) is 8.41. The van der Waals surface area contributed by atoms with E-state index in [9.17, 15) is 4.79 Å². The molecule has 2 N–H and O–H groups in total. The lowest BCUT2D eigenvalue weighted by molar-refractivity contribution is 0.0934. The third kappa shape index (κ3) is 2.38. The van der Waals surface area contributed by atoms with Crippen LogP contribution in [0.2, 0.25) is 0 Å². The Balaban J connectivity index is 1.81. The maximum Gasteiger partial charge on any atom is 0.408 e. The standard InChI is InChI=1S/C10H18N2O2/c13-10(14)12-6-2-1-3-9(12)11-7-8-4-5-8/h8-9,11H,1-7H2,(H,13,14). The van der Waals surface area contributed by atoms with E-state index in [1.165, 1.54) is 12.8 Å². The fourth-order valence-corrected chi connectivity index (χ4v) is 2.00. The predicted molar refractivity (Wildman–Crippen MR) is 53.1 cm³/mol. The second-order valence-electron chi connectivity index (χ2n) is 4.34. The molecule has 0 radical (unpaired) electrons. The molecule has 1 aliphatic heterocycles. The molecule has 2 aliphatic rings. The van der Waals surface area contributed by atoms with Gasteiger partial charge < -0.3 is 5.11 Å². The van der Waals surface area contributed by atoms with E-state index in [1.807, 2.05) is 0 Å². The number of nitrogens with zero attached hydrogens (tertiary/aromatic N) is 1. The normalized spacial score (nSPS) is 27.7. The Morgan fingerprint density at radius 3 is 2.79 bits per heavy atom. The van der Waals surface area contributed by atoms with Crippen LogP contribution in [0.5, 0.6) is 0 Å². The quantitative estimate of drug-likeness (QED) is 0.722. The van der Waals surface area contributed by atoms with E-state index >= 15 is 0 Å². The van der Waals surface area contributed by atoms with Gasteiger partial charge >= 0.3 is 6.09 Å². The van der Waals surface area contributed by atoms with Crippen molar-refractivity contribution in [2.24, 2.45) is 5.92 Å². The number of amides is 1. The number of nitrogens with one attached hydrogen (secondary N) is 1. The van der Waals surface area contributed by atoms with E-state index in [0.29, 0.717) is 6.54 Å². The van der Waals surface area contributed by atoms with E-state index in [4.69, 9.17) is 5.11 Å². The second-order valence-corrected chi connectivity index (χ2v) is 4.34. The topological polar surface area (TPSA) is 52.6 Å². The van der Waals surface area contributed by atoms with E-state index < -0.39 is 6.09 Å². The van der Waals surface area contributed by atoms with Crippen molar-refractivity contribution < 1.29 is 9.90 Å². The van der Waals surface area contributed by atoms with Crippen LogP contribution in [0.15, 0.2) is 0 Å². The van der Waals surface area contributed by atoms with Gasteiger partial charge in [-0.2, -0.15) is 0 Å². The molecule has 1 amide bonds. The summed E-state index contributed by atoms with van der Waals surface area (Å²) in [6, 6.07) is 0. The summed E-state index contributed by atoms with van der Waals surface area (Å²) < 4.78 is 0. The SMILES string of the molecule is O=C(O)N1CCCCC1NCC1CC1. The minimum Gasteiger partial charge on any atom is -0.465 e. The van der Waals surface area contributed by atoms with Gasteiger partial charge in [-0.25, -0.2) is 4.79 Å². The molecule has 0 bridgehead atoms. The largest absolute Gasteiger partial charge is 0.465 e. The molecule has 0 aromatic heterocycles. The monoisotopic (exact) mass is 198 g/mol. The average Bonchev–Trinajstić information content (AvgIpc) is 2.98. The number of rotatable bonds is 3. The lowest BCUT2D eigenvalue weighted by atomic mass is 10.1. The summed E-state index contributed by atoms with van der Waals surface area (Å²) in [4.78, 5) is 12.5. The van der Waals surface area contributed by atoms with Crippen LogP contribution in [-0.4, -0.2) is 35.4 Å². The van der Waals surface area contributed by atoms with Crippen LogP contribution in [0.1, 0.15) is 32.1 Å². The Kier molecular flexibility index (Phi) is 2.91. The molecule has 1 saturated carbocycles. The smallest absolute Gasteiger partial charge is 0.408 e. The van der Waals surface area contributed by atoms with Crippen LogP contribution in [-0.2, 0) is 0 Å². The van der Waals surface area contributed by atoms with Crippen LogP contribution in [0.4, 0.5) is 4.79 Å². The van der Waals surface area contributed by atoms with Gasteiger partial charge in [0, 0.05) is 6.54 Å². The minimum atomic E-state index is -0.780. The van der Waals surface area contributed by atoms with Gasteiger partial charge in [-0.3, -0.25) is 10.2 Å². The highest BCUT2D eigenvalue weighted by Gasteiger charge is 2.28. The van der Waals surface area contributed by atoms with Crippen molar-refractivity contribution in [3.63, 3.8) is 0 Å². The molecule has 1 heterocycles. The summed E-state index contributed by atoms with van der Waals surface area (Å²) >= 11 is 0. The van der Waals surface area contributed by atoms with E-state index in [-0.39, 0.29) is 6.17 Å². The summed E-state index contributed by atoms with van der Waals surface area (Å²) in [5, 5.41) is 12.3. The molecule has 0 spiro atoms. The summed E-state index contributed by atoms with van der Waals surface area (Å²) in [6.07, 6.45) is 5.04. The third-order valence-corrected chi connectivity index (χ3v) is 3.09. The molecule has 2 rings (SSSR count). The van der Waals surface area contributed by atoms with Gasteiger partial charge in [0.2, 0.25) is 0 Å². The van der Waals surface area contributed by atoms with E-state index in [0.717, 1.165) is 31.7 Å². The first-order valence-electron chi connectivity index (χ1n) is 5.50. The highest BCUT2D eigenvalue weighted by atomic mass is 16.4. The van der Waals surface area contributed by atoms with Crippen molar-refractivity contribution in [1.29, 1.82) is 0 Å². The Morgan fingerprint density at radius 1 is 1.36 bits per heavy atom. The molecule has 80 valence electrons. The number of carbonyl (C=O) groups is 1. The van der Waals surface area contributed by atoms with Crippen LogP contribution >= 0.6 is 0 Å². The summed E-state index contributed by atoms with van der Waals surface area (Å²) in [5.41, 5.74) is 0. The van der Waals surface area contributed by atoms with E-state index in [1.54, 1.807) is 4.90 Å². The van der Waals surface area contributed by atoms with Crippen molar-refractivity contribution in [1.82, 2.24) is 10.2 Å². The molecule has 14 heavy (non-hydrogen) atoms. The second kappa shape index (κ2) is 4.17. The van der Waals surface area contributed by atoms with Crippen molar-refractivity contribution in [2.45, 2.75) is 38.3 Å². The molecule has 4 heteroatoms. The lowest BCUT2D eigenvalue weighted by Crippen LogP contribution is -2.51. The number of hydrogen-bond donors (Lipinski definition) is 2. The first-order valence-corrected chi connectivity index (χ1v) is 5.50. The van der Waals surface area contributed by atoms with Crippen LogP contribution < -0.4 is 5.32 Å². The average molecular weight is 198 g/mol. The van der Waals surface area contributed by atoms with Crippen molar-refractivity contribution >= 4 is 6.09 Å². The summed E-state index contributed by atoms with van der Waals surface area (Å²) in [6.45, 7) is 1.69. The fraction of sp³-hybridized carbons (Fsp3) is 0.900. The molecular formula is C10H18N2O2. The Labute approximate surface area is 84.3 Å². The third-order valence-electron chi connectivity index (χ3n) is 3.09. The summed E-state index contributed by atoms with van der Waals surface area (Å²) in [5.74, 6) is 0.813. The molecular weight excluding hydrogens is 180 g/mol. The van der Waals surface area contributed by atoms with Crippen LogP contribution in [0.25, 0.3) is 0 Å². The zero-order chi connectivity index (χ0) is 9.97. The van der Waals surface area contributed by atoms with Gasteiger partial charge in [-0.1, -0.05) is 0 Å². The van der Waals surface area contributed by atoms with Crippen molar-refractivity contribution in [2.75, 3.05) is 13.1 Å². The molecule has 0 aromatic rings. The lowest BCUT2D eigenvalue weighted by Gasteiger charge is -2.34. The molecule has 1 atom stereocenters.